The van der Waals surface area contributed by atoms with Gasteiger partial charge in [-0.15, -0.1) is 16.4 Å². The molecule has 0 bridgehead atoms. The van der Waals surface area contributed by atoms with Crippen LogP contribution in [-0.2, 0) is 5.75 Å². The number of aromatic nitrogens is 3. The molecule has 1 N–H and O–H groups in total. The van der Waals surface area contributed by atoms with Crippen molar-refractivity contribution in [2.45, 2.75) is 10.9 Å². The molecule has 106 valence electrons. The van der Waals surface area contributed by atoms with Crippen molar-refractivity contribution in [3.8, 4) is 0 Å². The molecule has 2 aromatic heterocycles. The SMILES string of the molecule is Fc1ccccc1CSc1n[nH]c(/C=C/c2cccs2)n1. The van der Waals surface area contributed by atoms with Gasteiger partial charge in [0.05, 0.1) is 0 Å². The molecule has 6 heteroatoms. The van der Waals surface area contributed by atoms with Crippen molar-refractivity contribution in [1.82, 2.24) is 15.2 Å². The van der Waals surface area contributed by atoms with E-state index in [4.69, 9.17) is 0 Å². The van der Waals surface area contributed by atoms with Gasteiger partial charge in [0.25, 0.3) is 0 Å². The summed E-state index contributed by atoms with van der Waals surface area (Å²) < 4.78 is 13.5. The highest BCUT2D eigenvalue weighted by molar-refractivity contribution is 7.98. The van der Waals surface area contributed by atoms with Crippen molar-refractivity contribution >= 4 is 35.3 Å². The molecular weight excluding hydrogens is 305 g/mol. The first kappa shape index (κ1) is 14.0. The zero-order chi connectivity index (χ0) is 14.5. The third-order valence-electron chi connectivity index (χ3n) is 2.75. The molecule has 0 aliphatic rings. The van der Waals surface area contributed by atoms with Crippen LogP contribution in [0, 0.1) is 5.82 Å². The standard InChI is InChI=1S/C15H12FN3S2/c16-13-6-2-1-4-11(13)10-21-15-17-14(18-19-15)8-7-12-5-3-9-20-12/h1-9H,10H2,(H,17,18,19)/b8-7+. The van der Waals surface area contributed by atoms with Crippen LogP contribution in [0.4, 0.5) is 4.39 Å². The zero-order valence-corrected chi connectivity index (χ0v) is 12.6. The second-order valence-electron chi connectivity index (χ2n) is 4.23. The Balaban J connectivity index is 1.62. The summed E-state index contributed by atoms with van der Waals surface area (Å²) in [6, 6.07) is 10.8. The molecular formula is C15H12FN3S2. The largest absolute Gasteiger partial charge is 0.259 e. The third kappa shape index (κ3) is 3.80. The molecule has 0 radical (unpaired) electrons. The van der Waals surface area contributed by atoms with Crippen molar-refractivity contribution in [1.29, 1.82) is 0 Å². The van der Waals surface area contributed by atoms with Gasteiger partial charge in [0.2, 0.25) is 5.16 Å². The van der Waals surface area contributed by atoms with Crippen LogP contribution in [-0.4, -0.2) is 15.2 Å². The van der Waals surface area contributed by atoms with Crippen molar-refractivity contribution in [3.63, 3.8) is 0 Å². The highest BCUT2D eigenvalue weighted by Gasteiger charge is 2.05. The van der Waals surface area contributed by atoms with E-state index in [1.807, 2.05) is 35.7 Å². The van der Waals surface area contributed by atoms with E-state index in [-0.39, 0.29) is 5.82 Å². The fourth-order valence-corrected chi connectivity index (χ4v) is 3.11. The minimum Gasteiger partial charge on any atom is -0.259 e. The van der Waals surface area contributed by atoms with Gasteiger partial charge in [0.15, 0.2) is 0 Å². The predicted molar refractivity (Wildman–Crippen MR) is 85.6 cm³/mol. The number of aromatic amines is 1. The normalized spacial score (nSPS) is 11.3. The van der Waals surface area contributed by atoms with Gasteiger partial charge in [0, 0.05) is 10.6 Å². The first-order valence-corrected chi connectivity index (χ1v) is 8.18. The summed E-state index contributed by atoms with van der Waals surface area (Å²) in [6.07, 6.45) is 3.86. The van der Waals surface area contributed by atoms with Crippen LogP contribution in [0.1, 0.15) is 16.3 Å². The van der Waals surface area contributed by atoms with E-state index in [9.17, 15) is 4.39 Å². The Kier molecular flexibility index (Phi) is 4.47. The summed E-state index contributed by atoms with van der Waals surface area (Å²) in [5, 5.41) is 9.62. The molecule has 0 amide bonds. The lowest BCUT2D eigenvalue weighted by Gasteiger charge is -1.99. The maximum atomic E-state index is 13.5. The quantitative estimate of drug-likeness (QED) is 0.706. The van der Waals surface area contributed by atoms with Gasteiger partial charge in [-0.2, -0.15) is 0 Å². The van der Waals surface area contributed by atoms with Crippen LogP contribution in [0.25, 0.3) is 12.2 Å². The van der Waals surface area contributed by atoms with E-state index in [1.54, 1.807) is 23.5 Å². The Morgan fingerprint density at radius 1 is 1.19 bits per heavy atom. The van der Waals surface area contributed by atoms with Gasteiger partial charge in [-0.05, 0) is 35.2 Å². The van der Waals surface area contributed by atoms with Crippen LogP contribution in [0.15, 0.2) is 46.9 Å². The average Bonchev–Trinajstić information content (AvgIpc) is 3.16. The maximum Gasteiger partial charge on any atom is 0.209 e. The van der Waals surface area contributed by atoms with Crippen molar-refractivity contribution in [2.24, 2.45) is 0 Å². The number of hydrogen-bond donors (Lipinski definition) is 1. The van der Waals surface area contributed by atoms with Crippen LogP contribution < -0.4 is 0 Å². The summed E-state index contributed by atoms with van der Waals surface area (Å²) in [5.74, 6) is 1.01. The molecule has 0 fully saturated rings. The molecule has 1 aromatic carbocycles. The second-order valence-corrected chi connectivity index (χ2v) is 6.15. The van der Waals surface area contributed by atoms with Gasteiger partial charge < -0.3 is 0 Å². The Hall–Kier alpha value is -1.92. The number of nitrogens with one attached hydrogen (secondary N) is 1. The number of nitrogens with zero attached hydrogens (tertiary/aromatic N) is 2. The fourth-order valence-electron chi connectivity index (χ4n) is 1.70. The number of halogens is 1. The van der Waals surface area contributed by atoms with Crippen LogP contribution in [0.2, 0.25) is 0 Å². The van der Waals surface area contributed by atoms with E-state index in [0.29, 0.717) is 22.3 Å². The van der Waals surface area contributed by atoms with E-state index in [1.165, 1.54) is 17.8 Å². The van der Waals surface area contributed by atoms with Crippen molar-refractivity contribution in [2.75, 3.05) is 0 Å². The lowest BCUT2D eigenvalue weighted by molar-refractivity contribution is 0.617. The van der Waals surface area contributed by atoms with E-state index < -0.39 is 0 Å². The summed E-state index contributed by atoms with van der Waals surface area (Å²) in [7, 11) is 0. The molecule has 3 rings (SSSR count). The van der Waals surface area contributed by atoms with Gasteiger partial charge in [0.1, 0.15) is 11.6 Å². The summed E-state index contributed by atoms with van der Waals surface area (Å²) >= 11 is 3.07. The topological polar surface area (TPSA) is 41.6 Å². The molecule has 0 saturated heterocycles. The van der Waals surface area contributed by atoms with E-state index >= 15 is 0 Å². The van der Waals surface area contributed by atoms with Crippen LogP contribution in [0.5, 0.6) is 0 Å². The van der Waals surface area contributed by atoms with Gasteiger partial charge in [-0.3, -0.25) is 5.10 Å². The van der Waals surface area contributed by atoms with E-state index in [0.717, 1.165) is 4.88 Å². The molecule has 3 nitrogen and oxygen atoms in total. The lowest BCUT2D eigenvalue weighted by atomic mass is 10.2. The highest BCUT2D eigenvalue weighted by atomic mass is 32.2. The summed E-state index contributed by atoms with van der Waals surface area (Å²) in [5.41, 5.74) is 0.656. The zero-order valence-electron chi connectivity index (χ0n) is 11.0. The molecule has 0 unspecified atom stereocenters. The average molecular weight is 317 g/mol. The molecule has 0 aliphatic heterocycles. The van der Waals surface area contributed by atoms with Gasteiger partial charge in [-0.25, -0.2) is 9.37 Å². The summed E-state index contributed by atoms with van der Waals surface area (Å²) in [4.78, 5) is 5.51. The molecule has 0 aliphatic carbocycles. The minimum atomic E-state index is -0.196. The maximum absolute atomic E-state index is 13.5. The van der Waals surface area contributed by atoms with Crippen LogP contribution >= 0.6 is 23.1 Å². The fraction of sp³-hybridized carbons (Fsp3) is 0.0667. The number of thioether (sulfide) groups is 1. The Morgan fingerprint density at radius 3 is 2.90 bits per heavy atom. The smallest absolute Gasteiger partial charge is 0.209 e. The van der Waals surface area contributed by atoms with Gasteiger partial charge >= 0.3 is 0 Å². The lowest BCUT2D eigenvalue weighted by Crippen LogP contribution is -1.87. The van der Waals surface area contributed by atoms with Gasteiger partial charge in [-0.1, -0.05) is 36.0 Å². The number of hydrogen-bond acceptors (Lipinski definition) is 4. The third-order valence-corrected chi connectivity index (χ3v) is 4.48. The first-order chi connectivity index (χ1) is 10.3. The molecule has 0 saturated carbocycles. The Morgan fingerprint density at radius 2 is 2.10 bits per heavy atom. The molecule has 0 atom stereocenters. The summed E-state index contributed by atoms with van der Waals surface area (Å²) in [6.45, 7) is 0. The highest BCUT2D eigenvalue weighted by Crippen LogP contribution is 2.21. The van der Waals surface area contributed by atoms with E-state index in [2.05, 4.69) is 15.2 Å². The second kappa shape index (κ2) is 6.69. The van der Waals surface area contributed by atoms with Crippen molar-refractivity contribution in [3.05, 3.63) is 63.9 Å². The molecule has 21 heavy (non-hydrogen) atoms. The van der Waals surface area contributed by atoms with Crippen molar-refractivity contribution < 1.29 is 4.39 Å². The van der Waals surface area contributed by atoms with Crippen LogP contribution in [0.3, 0.4) is 0 Å². The predicted octanol–water partition coefficient (Wildman–Crippen LogP) is 4.47. The molecule has 0 spiro atoms. The monoisotopic (exact) mass is 317 g/mol. The Labute approximate surface area is 129 Å². The molecule has 2 heterocycles. The number of benzene rings is 1. The first-order valence-electron chi connectivity index (χ1n) is 6.31. The Bertz CT molecular complexity index is 735. The number of H-pyrrole nitrogens is 1. The number of thiophene rings is 1. The molecule has 3 aromatic rings. The minimum absolute atomic E-state index is 0.196. The number of rotatable bonds is 5.